The van der Waals surface area contributed by atoms with E-state index in [1.54, 1.807) is 24.1 Å². The number of hydrogen-bond donors (Lipinski definition) is 1. The Bertz CT molecular complexity index is 1090. The number of piperidine rings is 1. The Morgan fingerprint density at radius 1 is 1.29 bits per heavy atom. The van der Waals surface area contributed by atoms with E-state index < -0.39 is 15.9 Å². The topological polar surface area (TPSA) is 95.8 Å². The number of nitrogens with zero attached hydrogens (tertiary/aromatic N) is 3. The zero-order valence-electron chi connectivity index (χ0n) is 18.7. The minimum absolute atomic E-state index is 0.0565. The second-order valence-corrected chi connectivity index (χ2v) is 10.1. The minimum atomic E-state index is -3.85. The molecule has 9 heteroatoms. The monoisotopic (exact) mass is 446 g/mol. The average molecular weight is 447 g/mol. The lowest BCUT2D eigenvalue weighted by molar-refractivity contribution is -0.120. The summed E-state index contributed by atoms with van der Waals surface area (Å²) in [4.78, 5) is 14.7. The van der Waals surface area contributed by atoms with Gasteiger partial charge in [0.1, 0.15) is 5.69 Å². The number of sulfonamides is 1. The number of carbonyl (C=O) groups is 1. The van der Waals surface area contributed by atoms with Crippen LogP contribution >= 0.6 is 0 Å². The van der Waals surface area contributed by atoms with Gasteiger partial charge in [0.15, 0.2) is 10.7 Å². The van der Waals surface area contributed by atoms with Crippen molar-refractivity contribution in [3.05, 3.63) is 47.0 Å². The van der Waals surface area contributed by atoms with Gasteiger partial charge in [0, 0.05) is 45.1 Å². The molecule has 1 aromatic carbocycles. The molecule has 1 fully saturated rings. The molecule has 0 spiro atoms. The van der Waals surface area contributed by atoms with Crippen LogP contribution in [0.1, 0.15) is 35.4 Å². The van der Waals surface area contributed by atoms with E-state index in [-0.39, 0.29) is 23.1 Å². The Morgan fingerprint density at radius 3 is 2.71 bits per heavy atom. The Hall–Kier alpha value is -2.65. The van der Waals surface area contributed by atoms with Gasteiger partial charge in [-0.15, -0.1) is 0 Å². The number of amides is 1. The van der Waals surface area contributed by atoms with E-state index in [0.29, 0.717) is 25.1 Å². The molecule has 1 aliphatic rings. The molecular weight excluding hydrogens is 416 g/mol. The van der Waals surface area contributed by atoms with Gasteiger partial charge in [0.25, 0.3) is 0 Å². The van der Waals surface area contributed by atoms with Crippen LogP contribution < -0.4 is 5.32 Å². The van der Waals surface area contributed by atoms with Gasteiger partial charge in [-0.25, -0.2) is 8.42 Å². The Balaban J connectivity index is 1.80. The van der Waals surface area contributed by atoms with E-state index in [2.05, 4.69) is 10.5 Å². The summed E-state index contributed by atoms with van der Waals surface area (Å²) in [7, 11) is -0.192. The number of nitrogens with one attached hydrogen (secondary N) is 1. The number of carbonyl (C=O) groups excluding carboxylic acids is 1. The molecule has 2 aromatic rings. The van der Waals surface area contributed by atoms with Gasteiger partial charge >= 0.3 is 0 Å². The smallest absolute Gasteiger partial charge is 0.248 e. The van der Waals surface area contributed by atoms with E-state index in [9.17, 15) is 13.2 Å². The van der Waals surface area contributed by atoms with Crippen molar-refractivity contribution in [3.63, 3.8) is 0 Å². The molecule has 0 unspecified atom stereocenters. The van der Waals surface area contributed by atoms with E-state index in [4.69, 9.17) is 4.52 Å². The molecule has 1 aromatic heterocycles. The maximum absolute atomic E-state index is 13.4. The molecule has 0 aliphatic carbocycles. The number of benzene rings is 1. The summed E-state index contributed by atoms with van der Waals surface area (Å²) in [5.41, 5.74) is 3.15. The van der Waals surface area contributed by atoms with Crippen molar-refractivity contribution in [3.8, 4) is 0 Å². The lowest BCUT2D eigenvalue weighted by Gasteiger charge is -2.31. The van der Waals surface area contributed by atoms with Gasteiger partial charge in [0.05, 0.1) is 5.92 Å². The van der Waals surface area contributed by atoms with Gasteiger partial charge in [-0.05, 0) is 45.2 Å². The molecule has 0 radical (unpaired) electrons. The summed E-state index contributed by atoms with van der Waals surface area (Å²) >= 11 is 0. The van der Waals surface area contributed by atoms with Crippen molar-refractivity contribution < 1.29 is 17.7 Å². The van der Waals surface area contributed by atoms with Gasteiger partial charge in [-0.2, -0.15) is 4.31 Å². The van der Waals surface area contributed by atoms with Crippen LogP contribution in [0.15, 0.2) is 33.8 Å². The molecule has 168 valence electrons. The quantitative estimate of drug-likeness (QED) is 0.732. The molecule has 0 bridgehead atoms. The first-order chi connectivity index (χ1) is 14.6. The lowest BCUT2D eigenvalue weighted by Crippen LogP contribution is -2.44. The van der Waals surface area contributed by atoms with Gasteiger partial charge in [0.2, 0.25) is 15.9 Å². The predicted octanol–water partition coefficient (Wildman–Crippen LogP) is 3.17. The van der Waals surface area contributed by atoms with Crippen LogP contribution in [-0.2, 0) is 14.8 Å². The minimum Gasteiger partial charge on any atom is -0.383 e. The highest BCUT2D eigenvalue weighted by atomic mass is 32.2. The number of hydrogen-bond acceptors (Lipinski definition) is 6. The summed E-state index contributed by atoms with van der Waals surface area (Å²) < 4.78 is 33.4. The zero-order valence-corrected chi connectivity index (χ0v) is 19.5. The molecule has 8 nitrogen and oxygen atoms in total. The second kappa shape index (κ2) is 9.23. The number of aromatic nitrogens is 1. The maximum atomic E-state index is 13.4. The van der Waals surface area contributed by atoms with Crippen LogP contribution in [0.5, 0.6) is 0 Å². The van der Waals surface area contributed by atoms with Crippen molar-refractivity contribution in [2.45, 2.75) is 38.5 Å². The van der Waals surface area contributed by atoms with Crippen molar-refractivity contribution in [1.29, 1.82) is 0 Å². The number of anilines is 1. The van der Waals surface area contributed by atoms with E-state index in [1.165, 1.54) is 4.31 Å². The molecular formula is C22H30N4O4S. The molecule has 31 heavy (non-hydrogen) atoms. The Morgan fingerprint density at radius 2 is 2.03 bits per heavy atom. The van der Waals surface area contributed by atoms with E-state index >= 15 is 0 Å². The normalized spacial score (nSPS) is 17.8. The first-order valence-corrected chi connectivity index (χ1v) is 11.7. The highest BCUT2D eigenvalue weighted by molar-refractivity contribution is 7.89. The zero-order chi connectivity index (χ0) is 22.8. The van der Waals surface area contributed by atoms with E-state index in [1.807, 2.05) is 46.1 Å². The van der Waals surface area contributed by atoms with Gasteiger partial charge in [-0.1, -0.05) is 22.9 Å². The number of aryl methyl sites for hydroxylation is 3. The average Bonchev–Trinajstić information content (AvgIpc) is 3.09. The molecule has 1 atom stereocenters. The third-order valence-corrected chi connectivity index (χ3v) is 7.37. The van der Waals surface area contributed by atoms with Crippen LogP contribution in [0.4, 0.5) is 5.69 Å². The standard InChI is InChI=1S/C22H30N4O4S/c1-15-8-9-19(16(2)13-15)23-22(27)18-7-6-11-26(14-18)31(28,29)21-17(3)24-30-20(21)10-12-25(4)5/h8-10,12-13,18H,6-7,11,14H2,1-5H3,(H,23,27)/b12-10+/t18-/m1/s1. The fourth-order valence-electron chi connectivity index (χ4n) is 3.71. The summed E-state index contributed by atoms with van der Waals surface area (Å²) in [5.74, 6) is -0.403. The van der Waals surface area contributed by atoms with Crippen molar-refractivity contribution >= 4 is 27.7 Å². The van der Waals surface area contributed by atoms with Crippen LogP contribution in [0.25, 0.3) is 6.08 Å². The third-order valence-electron chi connectivity index (χ3n) is 5.35. The Kier molecular flexibility index (Phi) is 6.86. The molecule has 1 saturated heterocycles. The summed E-state index contributed by atoms with van der Waals surface area (Å²) in [5, 5.41) is 6.81. The molecule has 2 heterocycles. The molecule has 1 N–H and O–H groups in total. The van der Waals surface area contributed by atoms with Crippen LogP contribution in [-0.4, -0.2) is 55.9 Å². The summed E-state index contributed by atoms with van der Waals surface area (Å²) in [6.07, 6.45) is 4.53. The molecule has 0 saturated carbocycles. The number of rotatable bonds is 6. The van der Waals surface area contributed by atoms with Crippen LogP contribution in [0, 0.1) is 26.7 Å². The van der Waals surface area contributed by atoms with Gasteiger partial charge < -0.3 is 14.7 Å². The second-order valence-electron chi connectivity index (χ2n) is 8.25. The SMILES string of the molecule is Cc1ccc(NC(=O)[C@@H]2CCCN(S(=O)(=O)c3c(C)noc3/C=C/N(C)C)C2)c(C)c1. The fraction of sp³-hybridized carbons (Fsp3) is 0.455. The Labute approximate surface area is 183 Å². The first kappa shape index (κ1) is 23.0. The van der Waals surface area contributed by atoms with Crippen molar-refractivity contribution in [2.75, 3.05) is 32.5 Å². The largest absolute Gasteiger partial charge is 0.383 e. The van der Waals surface area contributed by atoms with Crippen LogP contribution in [0.2, 0.25) is 0 Å². The summed E-state index contributed by atoms with van der Waals surface area (Å²) in [6, 6.07) is 5.83. The third kappa shape index (κ3) is 5.16. The maximum Gasteiger partial charge on any atom is 0.248 e. The van der Waals surface area contributed by atoms with Crippen molar-refractivity contribution in [1.82, 2.24) is 14.4 Å². The summed E-state index contributed by atoms with van der Waals surface area (Å²) in [6.45, 7) is 6.03. The van der Waals surface area contributed by atoms with Crippen molar-refractivity contribution in [2.24, 2.45) is 5.92 Å². The highest BCUT2D eigenvalue weighted by Gasteiger charge is 2.37. The predicted molar refractivity (Wildman–Crippen MR) is 120 cm³/mol. The van der Waals surface area contributed by atoms with Gasteiger partial charge in [-0.3, -0.25) is 4.79 Å². The molecule has 1 aliphatic heterocycles. The highest BCUT2D eigenvalue weighted by Crippen LogP contribution is 2.29. The first-order valence-electron chi connectivity index (χ1n) is 10.3. The molecule has 3 rings (SSSR count). The van der Waals surface area contributed by atoms with E-state index in [0.717, 1.165) is 16.8 Å². The fourth-order valence-corrected chi connectivity index (χ4v) is 5.48. The van der Waals surface area contributed by atoms with Crippen LogP contribution in [0.3, 0.4) is 0 Å². The lowest BCUT2D eigenvalue weighted by atomic mass is 9.98. The molecule has 1 amide bonds.